The molecule has 1 heterocycles. The van der Waals surface area contributed by atoms with E-state index in [-0.39, 0.29) is 24.0 Å². The molecule has 1 aliphatic heterocycles. The molecule has 0 saturated carbocycles. The van der Waals surface area contributed by atoms with Crippen molar-refractivity contribution in [1.82, 2.24) is 10.6 Å². The Morgan fingerprint density at radius 2 is 2.30 bits per heavy atom. The second-order valence-corrected chi connectivity index (χ2v) is 4.34. The van der Waals surface area contributed by atoms with Crippen molar-refractivity contribution >= 4 is 29.9 Å². The van der Waals surface area contributed by atoms with E-state index in [1.807, 2.05) is 24.3 Å². The van der Waals surface area contributed by atoms with Crippen molar-refractivity contribution in [3.05, 3.63) is 29.8 Å². The quantitative estimate of drug-likeness (QED) is 0.574. The van der Waals surface area contributed by atoms with Crippen molar-refractivity contribution in [3.8, 4) is 5.75 Å². The van der Waals surface area contributed by atoms with Crippen LogP contribution in [-0.2, 0) is 11.3 Å². The lowest BCUT2D eigenvalue weighted by Crippen LogP contribution is -2.41. The number of halogens is 1. The summed E-state index contributed by atoms with van der Waals surface area (Å²) in [5.41, 5.74) is 1.12. The number of guanidine groups is 1. The number of rotatable bonds is 6. The maximum Gasteiger partial charge on any atom is 0.191 e. The minimum atomic E-state index is 0. The van der Waals surface area contributed by atoms with Crippen LogP contribution in [0.4, 0.5) is 0 Å². The Kier molecular flexibility index (Phi) is 8.36. The first-order valence-electron chi connectivity index (χ1n) is 6.61. The fourth-order valence-electron chi connectivity index (χ4n) is 1.84. The van der Waals surface area contributed by atoms with E-state index in [1.165, 1.54) is 0 Å². The average molecular weight is 391 g/mol. The topological polar surface area (TPSA) is 54.9 Å². The van der Waals surface area contributed by atoms with Crippen molar-refractivity contribution in [3.63, 3.8) is 0 Å². The molecule has 1 aromatic carbocycles. The maximum absolute atomic E-state index is 5.61. The number of nitrogens with one attached hydrogen (secondary N) is 2. The molecule has 0 radical (unpaired) electrons. The van der Waals surface area contributed by atoms with Crippen molar-refractivity contribution in [2.75, 3.05) is 33.4 Å². The van der Waals surface area contributed by atoms with Gasteiger partial charge in [-0.3, -0.25) is 4.99 Å². The lowest BCUT2D eigenvalue weighted by molar-refractivity contribution is 0.125. The number of methoxy groups -OCH3 is 1. The second kappa shape index (κ2) is 9.82. The molecule has 0 fully saturated rings. The number of hydrogen-bond acceptors (Lipinski definition) is 5. The first kappa shape index (κ1) is 17.0. The Balaban J connectivity index is 0.00000200. The fraction of sp³-hybridized carbons (Fsp3) is 0.500. The third-order valence-corrected chi connectivity index (χ3v) is 2.84. The lowest BCUT2D eigenvalue weighted by atomic mass is 10.2. The minimum absolute atomic E-state index is 0. The molecule has 0 aromatic heterocycles. The summed E-state index contributed by atoms with van der Waals surface area (Å²) < 4.78 is 10.8. The zero-order valence-electron chi connectivity index (χ0n) is 11.7. The Labute approximate surface area is 137 Å². The Morgan fingerprint density at radius 3 is 3.05 bits per heavy atom. The molecule has 0 aliphatic carbocycles. The zero-order valence-corrected chi connectivity index (χ0v) is 14.1. The maximum atomic E-state index is 5.61. The van der Waals surface area contributed by atoms with E-state index in [0.29, 0.717) is 13.2 Å². The molecule has 5 nitrogen and oxygen atoms in total. The highest BCUT2D eigenvalue weighted by atomic mass is 127. The smallest absolute Gasteiger partial charge is 0.191 e. The summed E-state index contributed by atoms with van der Waals surface area (Å²) in [5.74, 6) is 1.75. The van der Waals surface area contributed by atoms with Crippen LogP contribution in [0, 0.1) is 0 Å². The van der Waals surface area contributed by atoms with Gasteiger partial charge in [0.25, 0.3) is 0 Å². The van der Waals surface area contributed by atoms with Gasteiger partial charge < -0.3 is 20.1 Å². The molecular formula is C14H22IN3O2. The molecule has 0 unspecified atom stereocenters. The zero-order chi connectivity index (χ0) is 13.3. The van der Waals surface area contributed by atoms with Crippen LogP contribution in [0.3, 0.4) is 0 Å². The molecule has 0 spiro atoms. The standard InChI is InChI=1S/C14H21N3O2.HI/c1-18-13-5-2-4-12(10-13)11-19-9-8-17-14-15-6-3-7-16-14;/h2,4-5,10H,3,6-9,11H2,1H3,(H2,15,16,17);1H. The lowest BCUT2D eigenvalue weighted by Gasteiger charge is -2.15. The first-order valence-corrected chi connectivity index (χ1v) is 6.61. The Morgan fingerprint density at radius 1 is 1.40 bits per heavy atom. The monoisotopic (exact) mass is 391 g/mol. The third kappa shape index (κ3) is 5.96. The molecule has 0 saturated heterocycles. The summed E-state index contributed by atoms with van der Waals surface area (Å²) >= 11 is 0. The van der Waals surface area contributed by atoms with Gasteiger partial charge in [0.2, 0.25) is 0 Å². The highest BCUT2D eigenvalue weighted by molar-refractivity contribution is 14.0. The van der Waals surface area contributed by atoms with Crippen LogP contribution < -0.4 is 15.4 Å². The number of hydrogen-bond donors (Lipinski definition) is 2. The Hall–Kier alpha value is -1.02. The number of aliphatic imine (C=N–C) groups is 1. The second-order valence-electron chi connectivity index (χ2n) is 4.34. The van der Waals surface area contributed by atoms with Gasteiger partial charge in [-0.05, 0) is 24.1 Å². The summed E-state index contributed by atoms with van der Waals surface area (Å²) in [4.78, 5) is 4.33. The molecule has 1 aromatic rings. The molecule has 0 amide bonds. The fourth-order valence-corrected chi connectivity index (χ4v) is 1.84. The normalized spacial score (nSPS) is 13.8. The average Bonchev–Trinajstić information content (AvgIpc) is 2.48. The van der Waals surface area contributed by atoms with E-state index in [2.05, 4.69) is 15.6 Å². The van der Waals surface area contributed by atoms with Crippen molar-refractivity contribution in [2.24, 2.45) is 4.99 Å². The van der Waals surface area contributed by atoms with E-state index in [4.69, 9.17) is 9.47 Å². The molecule has 2 rings (SSSR count). The van der Waals surface area contributed by atoms with Crippen LogP contribution in [0.2, 0.25) is 0 Å². The van der Waals surface area contributed by atoms with E-state index in [9.17, 15) is 0 Å². The van der Waals surface area contributed by atoms with Crippen molar-refractivity contribution in [1.29, 1.82) is 0 Å². The van der Waals surface area contributed by atoms with Crippen LogP contribution in [-0.4, -0.2) is 39.3 Å². The number of benzene rings is 1. The minimum Gasteiger partial charge on any atom is -0.497 e. The highest BCUT2D eigenvalue weighted by Crippen LogP contribution is 2.12. The van der Waals surface area contributed by atoms with Gasteiger partial charge in [-0.25, -0.2) is 0 Å². The summed E-state index contributed by atoms with van der Waals surface area (Å²) in [6, 6.07) is 7.91. The van der Waals surface area contributed by atoms with Crippen LogP contribution >= 0.6 is 24.0 Å². The molecule has 112 valence electrons. The van der Waals surface area contributed by atoms with Gasteiger partial charge in [-0.1, -0.05) is 12.1 Å². The van der Waals surface area contributed by atoms with E-state index < -0.39 is 0 Å². The summed E-state index contributed by atoms with van der Waals surface area (Å²) in [6.07, 6.45) is 1.11. The third-order valence-electron chi connectivity index (χ3n) is 2.84. The molecule has 1 aliphatic rings. The van der Waals surface area contributed by atoms with Gasteiger partial charge >= 0.3 is 0 Å². The van der Waals surface area contributed by atoms with Gasteiger partial charge in [0, 0.05) is 19.6 Å². The van der Waals surface area contributed by atoms with Crippen LogP contribution in [0.15, 0.2) is 29.3 Å². The summed E-state index contributed by atoms with van der Waals surface area (Å²) in [5, 5.41) is 6.43. The van der Waals surface area contributed by atoms with Crippen molar-refractivity contribution in [2.45, 2.75) is 13.0 Å². The predicted molar refractivity (Wildman–Crippen MR) is 91.0 cm³/mol. The van der Waals surface area contributed by atoms with E-state index >= 15 is 0 Å². The van der Waals surface area contributed by atoms with Gasteiger partial charge in [0.1, 0.15) is 5.75 Å². The van der Waals surface area contributed by atoms with E-state index in [0.717, 1.165) is 43.3 Å². The number of ether oxygens (including phenoxy) is 2. The van der Waals surface area contributed by atoms with Gasteiger partial charge in [-0.2, -0.15) is 0 Å². The SMILES string of the molecule is COc1cccc(COCCNC2=NCCCN2)c1.I. The van der Waals surface area contributed by atoms with Crippen molar-refractivity contribution < 1.29 is 9.47 Å². The molecule has 0 bridgehead atoms. The van der Waals surface area contributed by atoms with Gasteiger partial charge in [-0.15, -0.1) is 24.0 Å². The largest absolute Gasteiger partial charge is 0.497 e. The van der Waals surface area contributed by atoms with Crippen LogP contribution in [0.5, 0.6) is 5.75 Å². The molecule has 2 N–H and O–H groups in total. The first-order chi connectivity index (χ1) is 9.38. The van der Waals surface area contributed by atoms with Gasteiger partial charge in [0.15, 0.2) is 5.96 Å². The molecule has 20 heavy (non-hydrogen) atoms. The summed E-state index contributed by atoms with van der Waals surface area (Å²) in [7, 11) is 1.67. The molecular weight excluding hydrogens is 369 g/mol. The van der Waals surface area contributed by atoms with Gasteiger partial charge in [0.05, 0.1) is 20.3 Å². The highest BCUT2D eigenvalue weighted by Gasteiger charge is 2.02. The Bertz CT molecular complexity index is 427. The summed E-state index contributed by atoms with van der Waals surface area (Å²) in [6.45, 7) is 3.91. The molecule has 6 heteroatoms. The van der Waals surface area contributed by atoms with E-state index in [1.54, 1.807) is 7.11 Å². The van der Waals surface area contributed by atoms with Crippen LogP contribution in [0.25, 0.3) is 0 Å². The molecule has 0 atom stereocenters. The van der Waals surface area contributed by atoms with Crippen LogP contribution in [0.1, 0.15) is 12.0 Å². The number of nitrogens with zero attached hydrogens (tertiary/aromatic N) is 1. The predicted octanol–water partition coefficient (Wildman–Crippen LogP) is 1.77.